The van der Waals surface area contributed by atoms with Crippen LogP contribution in [0.15, 0.2) is 36.5 Å². The number of likely N-dealkylation sites (tertiary alicyclic amines) is 1. The van der Waals surface area contributed by atoms with E-state index in [0.29, 0.717) is 17.9 Å². The third-order valence-corrected chi connectivity index (χ3v) is 4.78. The molecule has 0 saturated carbocycles. The van der Waals surface area contributed by atoms with Crippen molar-refractivity contribution in [3.63, 3.8) is 0 Å². The number of amides is 1. The van der Waals surface area contributed by atoms with Crippen molar-refractivity contribution in [2.24, 2.45) is 0 Å². The van der Waals surface area contributed by atoms with E-state index in [-0.39, 0.29) is 11.7 Å². The molecule has 1 amide bonds. The molecule has 1 aliphatic rings. The molecule has 1 fully saturated rings. The van der Waals surface area contributed by atoms with Gasteiger partial charge in [0.25, 0.3) is 5.91 Å². The largest absolute Gasteiger partial charge is 0.351 e. The Bertz CT molecular complexity index is 709. The quantitative estimate of drug-likeness (QED) is 0.736. The monoisotopic (exact) mass is 358 g/mol. The standard InChI is InChI=1S/C20H27FN4O/c21-17-8-7-9-18(16-17)25-15-10-19(23-25)20(26)22-11-3-1-4-12-24-13-5-2-6-14-24/h7-10,15-16H,1-6,11-14H2,(H,22,26). The van der Waals surface area contributed by atoms with Gasteiger partial charge in [-0.3, -0.25) is 4.79 Å². The van der Waals surface area contributed by atoms with Crippen molar-refractivity contribution in [3.05, 3.63) is 48.0 Å². The van der Waals surface area contributed by atoms with Crippen LogP contribution in [0.25, 0.3) is 5.69 Å². The highest BCUT2D eigenvalue weighted by atomic mass is 19.1. The fraction of sp³-hybridized carbons (Fsp3) is 0.500. The Morgan fingerprint density at radius 1 is 1.12 bits per heavy atom. The highest BCUT2D eigenvalue weighted by molar-refractivity contribution is 5.92. The van der Waals surface area contributed by atoms with Gasteiger partial charge in [0.05, 0.1) is 5.69 Å². The van der Waals surface area contributed by atoms with E-state index in [4.69, 9.17) is 0 Å². The summed E-state index contributed by atoms with van der Waals surface area (Å²) < 4.78 is 14.8. The van der Waals surface area contributed by atoms with Crippen LogP contribution in [0.5, 0.6) is 0 Å². The second-order valence-electron chi connectivity index (χ2n) is 6.84. The van der Waals surface area contributed by atoms with Crippen LogP contribution < -0.4 is 5.32 Å². The maximum Gasteiger partial charge on any atom is 0.271 e. The number of unbranched alkanes of at least 4 members (excludes halogenated alkanes) is 2. The van der Waals surface area contributed by atoms with Crippen molar-refractivity contribution in [2.45, 2.75) is 38.5 Å². The molecule has 6 heteroatoms. The first kappa shape index (κ1) is 18.6. The van der Waals surface area contributed by atoms with Gasteiger partial charge in [0.1, 0.15) is 5.82 Å². The zero-order chi connectivity index (χ0) is 18.2. The van der Waals surface area contributed by atoms with E-state index in [0.717, 1.165) is 12.8 Å². The number of nitrogens with one attached hydrogen (secondary N) is 1. The lowest BCUT2D eigenvalue weighted by atomic mass is 10.1. The second kappa shape index (κ2) is 9.48. The lowest BCUT2D eigenvalue weighted by Gasteiger charge is -2.26. The smallest absolute Gasteiger partial charge is 0.271 e. The Morgan fingerprint density at radius 3 is 2.77 bits per heavy atom. The first-order chi connectivity index (χ1) is 12.7. The lowest BCUT2D eigenvalue weighted by molar-refractivity contribution is 0.0947. The number of piperidine rings is 1. The van der Waals surface area contributed by atoms with Gasteiger partial charge in [0.2, 0.25) is 0 Å². The van der Waals surface area contributed by atoms with E-state index in [9.17, 15) is 9.18 Å². The number of hydrogen-bond acceptors (Lipinski definition) is 3. The first-order valence-electron chi connectivity index (χ1n) is 9.54. The van der Waals surface area contributed by atoms with Crippen LogP contribution in [0.4, 0.5) is 4.39 Å². The molecule has 0 aliphatic carbocycles. The second-order valence-corrected chi connectivity index (χ2v) is 6.84. The molecule has 1 aromatic carbocycles. The Balaban J connectivity index is 1.36. The summed E-state index contributed by atoms with van der Waals surface area (Å²) in [5, 5.41) is 7.14. The predicted molar refractivity (Wildman–Crippen MR) is 100.0 cm³/mol. The van der Waals surface area contributed by atoms with Crippen LogP contribution in [0.3, 0.4) is 0 Å². The Kier molecular flexibility index (Phi) is 6.77. The van der Waals surface area contributed by atoms with Crippen molar-refractivity contribution < 1.29 is 9.18 Å². The minimum Gasteiger partial charge on any atom is -0.351 e. The van der Waals surface area contributed by atoms with Gasteiger partial charge in [-0.15, -0.1) is 0 Å². The number of aromatic nitrogens is 2. The fourth-order valence-electron chi connectivity index (χ4n) is 3.32. The van der Waals surface area contributed by atoms with Gasteiger partial charge in [-0.05, 0) is 69.6 Å². The predicted octanol–water partition coefficient (Wildman–Crippen LogP) is 3.40. The molecule has 2 heterocycles. The summed E-state index contributed by atoms with van der Waals surface area (Å²) in [7, 11) is 0. The molecule has 1 aromatic heterocycles. The summed E-state index contributed by atoms with van der Waals surface area (Å²) in [5.74, 6) is -0.510. The van der Waals surface area contributed by atoms with E-state index in [1.807, 2.05) is 0 Å². The maximum atomic E-state index is 13.3. The lowest BCUT2D eigenvalue weighted by Crippen LogP contribution is -2.30. The molecule has 1 aliphatic heterocycles. The SMILES string of the molecule is O=C(NCCCCCN1CCCCC1)c1ccn(-c2cccc(F)c2)n1. The summed E-state index contributed by atoms with van der Waals surface area (Å²) in [6.45, 7) is 4.31. The van der Waals surface area contributed by atoms with Gasteiger partial charge in [-0.2, -0.15) is 5.10 Å². The molecule has 26 heavy (non-hydrogen) atoms. The Hall–Kier alpha value is -2.21. The zero-order valence-electron chi connectivity index (χ0n) is 15.2. The highest BCUT2D eigenvalue weighted by Crippen LogP contribution is 2.11. The van der Waals surface area contributed by atoms with E-state index in [1.165, 1.54) is 62.1 Å². The molecule has 0 spiro atoms. The Labute approximate surface area is 154 Å². The molecule has 5 nitrogen and oxygen atoms in total. The van der Waals surface area contributed by atoms with Gasteiger partial charge < -0.3 is 10.2 Å². The molecular formula is C20H27FN4O. The van der Waals surface area contributed by atoms with Crippen LogP contribution in [0, 0.1) is 5.82 Å². The van der Waals surface area contributed by atoms with Crippen LogP contribution in [0.1, 0.15) is 49.0 Å². The van der Waals surface area contributed by atoms with Crippen molar-refractivity contribution in [3.8, 4) is 5.69 Å². The van der Waals surface area contributed by atoms with Crippen molar-refractivity contribution in [1.29, 1.82) is 0 Å². The maximum absolute atomic E-state index is 13.3. The van der Waals surface area contributed by atoms with Crippen LogP contribution in [-0.4, -0.2) is 46.8 Å². The number of nitrogens with zero attached hydrogens (tertiary/aromatic N) is 3. The third-order valence-electron chi connectivity index (χ3n) is 4.78. The summed E-state index contributed by atoms with van der Waals surface area (Å²) >= 11 is 0. The molecule has 0 bridgehead atoms. The molecule has 2 aromatic rings. The molecule has 0 radical (unpaired) electrons. The molecule has 1 N–H and O–H groups in total. The number of carbonyl (C=O) groups excluding carboxylic acids is 1. The fourth-order valence-corrected chi connectivity index (χ4v) is 3.32. The minimum absolute atomic E-state index is 0.184. The van der Waals surface area contributed by atoms with E-state index in [1.54, 1.807) is 24.4 Å². The number of hydrogen-bond donors (Lipinski definition) is 1. The molecule has 140 valence electrons. The highest BCUT2D eigenvalue weighted by Gasteiger charge is 2.11. The molecule has 0 atom stereocenters. The van der Waals surface area contributed by atoms with Crippen LogP contribution >= 0.6 is 0 Å². The van der Waals surface area contributed by atoms with Gasteiger partial charge in [-0.25, -0.2) is 9.07 Å². The first-order valence-corrected chi connectivity index (χ1v) is 9.54. The number of benzene rings is 1. The number of carbonyl (C=O) groups is 1. The van der Waals surface area contributed by atoms with E-state index < -0.39 is 0 Å². The number of halogens is 1. The summed E-state index contributed by atoms with van der Waals surface area (Å²) in [5.41, 5.74) is 0.948. The van der Waals surface area contributed by atoms with Crippen molar-refractivity contribution in [2.75, 3.05) is 26.2 Å². The summed E-state index contributed by atoms with van der Waals surface area (Å²) in [6.07, 6.45) is 8.99. The van der Waals surface area contributed by atoms with Gasteiger partial charge in [-0.1, -0.05) is 18.9 Å². The molecular weight excluding hydrogens is 331 g/mol. The van der Waals surface area contributed by atoms with Gasteiger partial charge >= 0.3 is 0 Å². The summed E-state index contributed by atoms with van der Waals surface area (Å²) in [4.78, 5) is 14.7. The minimum atomic E-state index is -0.325. The van der Waals surface area contributed by atoms with Gasteiger partial charge in [0, 0.05) is 12.7 Å². The topological polar surface area (TPSA) is 50.2 Å². The zero-order valence-corrected chi connectivity index (χ0v) is 15.2. The Morgan fingerprint density at radius 2 is 1.96 bits per heavy atom. The van der Waals surface area contributed by atoms with Gasteiger partial charge in [0.15, 0.2) is 5.69 Å². The third kappa shape index (κ3) is 5.39. The molecule has 1 saturated heterocycles. The van der Waals surface area contributed by atoms with Crippen LogP contribution in [-0.2, 0) is 0 Å². The normalized spacial score (nSPS) is 15.1. The summed E-state index contributed by atoms with van der Waals surface area (Å²) in [6, 6.07) is 7.79. The number of rotatable bonds is 8. The molecule has 3 rings (SSSR count). The van der Waals surface area contributed by atoms with Crippen LogP contribution in [0.2, 0.25) is 0 Å². The molecule has 0 unspecified atom stereocenters. The van der Waals surface area contributed by atoms with Crippen molar-refractivity contribution >= 4 is 5.91 Å². The average molecular weight is 358 g/mol. The van der Waals surface area contributed by atoms with E-state index in [2.05, 4.69) is 15.3 Å². The average Bonchev–Trinajstić information content (AvgIpc) is 3.15. The van der Waals surface area contributed by atoms with Crippen molar-refractivity contribution in [1.82, 2.24) is 20.0 Å². The van der Waals surface area contributed by atoms with E-state index >= 15 is 0 Å².